The lowest BCUT2D eigenvalue weighted by molar-refractivity contribution is 0.0286. The van der Waals surface area contributed by atoms with Gasteiger partial charge >= 0.3 is 24.1 Å². The van der Waals surface area contributed by atoms with Gasteiger partial charge in [-0.2, -0.15) is 0 Å². The van der Waals surface area contributed by atoms with Crippen LogP contribution >= 0.6 is 0 Å². The lowest BCUT2D eigenvalue weighted by atomic mass is 10.0. The molecule has 0 bridgehead atoms. The van der Waals surface area contributed by atoms with Crippen LogP contribution in [0.4, 0.5) is 18.4 Å². The zero-order valence-corrected chi connectivity index (χ0v) is 33.6. The molecule has 2 aliphatic heterocycles. The van der Waals surface area contributed by atoms with Crippen molar-refractivity contribution in [3.05, 3.63) is 77.4 Å². The highest BCUT2D eigenvalue weighted by Crippen LogP contribution is 2.30. The van der Waals surface area contributed by atoms with Crippen molar-refractivity contribution in [2.24, 2.45) is 0 Å². The first-order valence-corrected chi connectivity index (χ1v) is 18.5. The number of aromatic nitrogens is 8. The number of pyridine rings is 2. The number of esters is 2. The van der Waals surface area contributed by atoms with Crippen LogP contribution in [0.5, 0.6) is 0 Å². The molecule has 0 aromatic carbocycles. The minimum absolute atomic E-state index is 0.0165. The molecule has 6 rings (SSSR count). The molecule has 6 heterocycles. The molecule has 4 aromatic heterocycles. The van der Waals surface area contributed by atoms with Gasteiger partial charge in [-0.15, -0.1) is 10.2 Å². The van der Waals surface area contributed by atoms with Gasteiger partial charge in [0, 0.05) is 37.7 Å². The zero-order chi connectivity index (χ0) is 42.4. The van der Waals surface area contributed by atoms with Crippen LogP contribution in [0.3, 0.4) is 0 Å². The standard InChI is InChI=1S/C19H24FN5O4.C19H22FN5O4/c2*1-5-28-17(26)15-11-25(23-22-15)13-8-14(20)16(21-9-13)12-6-7-24(10-12)18(27)29-19(2,3)4/h8-9,11-12H,5-7,10H2,1-4H3;6,8-9,11H,5,7,10H2,1-4H3. The first kappa shape index (κ1) is 42.8. The Morgan fingerprint density at radius 2 is 1.28 bits per heavy atom. The van der Waals surface area contributed by atoms with Crippen molar-refractivity contribution in [3.63, 3.8) is 0 Å². The molecule has 1 fully saturated rings. The second-order valence-corrected chi connectivity index (χ2v) is 15.1. The van der Waals surface area contributed by atoms with Crippen LogP contribution in [0.25, 0.3) is 16.9 Å². The van der Waals surface area contributed by atoms with E-state index in [0.29, 0.717) is 43.0 Å². The maximum Gasteiger partial charge on any atom is 0.410 e. The van der Waals surface area contributed by atoms with Crippen LogP contribution in [0.15, 0.2) is 43.0 Å². The molecule has 20 heteroatoms. The Hall–Kier alpha value is -6.34. The summed E-state index contributed by atoms with van der Waals surface area (Å²) < 4.78 is 52.3. The van der Waals surface area contributed by atoms with Crippen LogP contribution in [-0.2, 0) is 18.9 Å². The highest BCUT2D eigenvalue weighted by molar-refractivity contribution is 5.87. The van der Waals surface area contributed by atoms with Crippen LogP contribution < -0.4 is 0 Å². The Morgan fingerprint density at radius 3 is 1.78 bits per heavy atom. The summed E-state index contributed by atoms with van der Waals surface area (Å²) in [5.41, 5.74) is 0.504. The number of nitrogens with zero attached hydrogens (tertiary/aromatic N) is 10. The van der Waals surface area contributed by atoms with Gasteiger partial charge < -0.3 is 28.7 Å². The molecule has 0 saturated carbocycles. The van der Waals surface area contributed by atoms with Crippen molar-refractivity contribution in [3.8, 4) is 11.4 Å². The topological polar surface area (TPSA) is 199 Å². The van der Waals surface area contributed by atoms with Gasteiger partial charge in [0.15, 0.2) is 17.2 Å². The van der Waals surface area contributed by atoms with E-state index < -0.39 is 47.0 Å². The third-order valence-electron chi connectivity index (χ3n) is 8.27. The molecular formula is C38H46F2N10O8. The number of halogens is 2. The van der Waals surface area contributed by atoms with Crippen molar-refractivity contribution < 1.29 is 46.9 Å². The molecule has 1 saturated heterocycles. The molecular weight excluding hydrogens is 762 g/mol. The summed E-state index contributed by atoms with van der Waals surface area (Å²) in [4.78, 5) is 59.2. The van der Waals surface area contributed by atoms with Crippen molar-refractivity contribution in [1.29, 1.82) is 0 Å². The molecule has 0 aliphatic carbocycles. The van der Waals surface area contributed by atoms with Crippen molar-refractivity contribution in [1.82, 2.24) is 49.8 Å². The number of likely N-dealkylation sites (tertiary alicyclic amines) is 1. The van der Waals surface area contributed by atoms with E-state index in [4.69, 9.17) is 18.9 Å². The third-order valence-corrected chi connectivity index (χ3v) is 8.27. The van der Waals surface area contributed by atoms with Crippen molar-refractivity contribution in [2.45, 2.75) is 78.9 Å². The van der Waals surface area contributed by atoms with E-state index in [1.54, 1.807) is 66.4 Å². The predicted molar refractivity (Wildman–Crippen MR) is 201 cm³/mol. The van der Waals surface area contributed by atoms with Gasteiger partial charge in [-0.1, -0.05) is 16.5 Å². The number of carbonyl (C=O) groups excluding carboxylic acids is 4. The van der Waals surface area contributed by atoms with Crippen molar-refractivity contribution >= 4 is 29.7 Å². The summed E-state index contributed by atoms with van der Waals surface area (Å²) >= 11 is 0. The summed E-state index contributed by atoms with van der Waals surface area (Å²) in [6.45, 7) is 15.9. The maximum absolute atomic E-state index is 14.7. The van der Waals surface area contributed by atoms with E-state index in [9.17, 15) is 28.0 Å². The molecule has 310 valence electrons. The lowest BCUT2D eigenvalue weighted by Crippen LogP contribution is -2.35. The largest absolute Gasteiger partial charge is 0.461 e. The van der Waals surface area contributed by atoms with E-state index in [2.05, 4.69) is 30.6 Å². The molecule has 1 unspecified atom stereocenters. The molecule has 0 spiro atoms. The molecule has 0 radical (unpaired) electrons. The number of hydrogen-bond donors (Lipinski definition) is 0. The van der Waals surface area contributed by atoms with E-state index in [0.717, 1.165) is 0 Å². The predicted octanol–water partition coefficient (Wildman–Crippen LogP) is 5.31. The highest BCUT2D eigenvalue weighted by atomic mass is 19.1. The average molecular weight is 809 g/mol. The Balaban J connectivity index is 0.000000221. The molecule has 18 nitrogen and oxygen atoms in total. The summed E-state index contributed by atoms with van der Waals surface area (Å²) in [6, 6.07) is 2.52. The summed E-state index contributed by atoms with van der Waals surface area (Å²) in [6.07, 6.45) is 7.03. The Morgan fingerprint density at radius 1 is 0.759 bits per heavy atom. The Labute approximate surface area is 333 Å². The fraction of sp³-hybridized carbons (Fsp3) is 0.474. The normalized spacial score (nSPS) is 15.3. The van der Waals surface area contributed by atoms with E-state index in [-0.39, 0.29) is 48.5 Å². The van der Waals surface area contributed by atoms with Gasteiger partial charge in [-0.25, -0.2) is 37.3 Å². The van der Waals surface area contributed by atoms with Gasteiger partial charge in [0.1, 0.15) is 22.7 Å². The fourth-order valence-corrected chi connectivity index (χ4v) is 5.70. The van der Waals surface area contributed by atoms with Crippen LogP contribution in [-0.4, -0.2) is 124 Å². The minimum Gasteiger partial charge on any atom is -0.461 e. The molecule has 2 aliphatic rings. The van der Waals surface area contributed by atoms with Gasteiger partial charge in [0.2, 0.25) is 0 Å². The Bertz CT molecular complexity index is 2150. The first-order chi connectivity index (χ1) is 27.3. The third kappa shape index (κ3) is 10.9. The number of amides is 2. The number of hydrogen-bond acceptors (Lipinski definition) is 14. The fourth-order valence-electron chi connectivity index (χ4n) is 5.70. The monoisotopic (exact) mass is 808 g/mol. The highest BCUT2D eigenvalue weighted by Gasteiger charge is 2.33. The van der Waals surface area contributed by atoms with Gasteiger partial charge in [0.05, 0.1) is 61.6 Å². The molecule has 4 aromatic rings. The summed E-state index contributed by atoms with van der Waals surface area (Å²) in [5.74, 6) is -2.51. The van der Waals surface area contributed by atoms with Gasteiger partial charge in [-0.05, 0) is 67.4 Å². The number of rotatable bonds is 8. The van der Waals surface area contributed by atoms with E-state index >= 15 is 0 Å². The second-order valence-electron chi connectivity index (χ2n) is 15.1. The average Bonchev–Trinajstić information content (AvgIpc) is 3.98. The van der Waals surface area contributed by atoms with E-state index in [1.165, 1.54) is 51.2 Å². The first-order valence-electron chi connectivity index (χ1n) is 18.5. The summed E-state index contributed by atoms with van der Waals surface area (Å²) in [5, 5.41) is 15.1. The van der Waals surface area contributed by atoms with E-state index in [1.807, 2.05) is 0 Å². The van der Waals surface area contributed by atoms with Crippen LogP contribution in [0.1, 0.15) is 100 Å². The minimum atomic E-state index is -0.609. The molecule has 58 heavy (non-hydrogen) atoms. The van der Waals surface area contributed by atoms with Gasteiger partial charge in [0.25, 0.3) is 0 Å². The van der Waals surface area contributed by atoms with Crippen LogP contribution in [0.2, 0.25) is 0 Å². The smallest absolute Gasteiger partial charge is 0.410 e. The molecule has 0 N–H and O–H groups in total. The van der Waals surface area contributed by atoms with Gasteiger partial charge in [-0.3, -0.25) is 9.97 Å². The summed E-state index contributed by atoms with van der Waals surface area (Å²) in [7, 11) is 0. The quantitative estimate of drug-likeness (QED) is 0.164. The Kier molecular flexibility index (Phi) is 13.2. The van der Waals surface area contributed by atoms with Crippen molar-refractivity contribution in [2.75, 3.05) is 39.4 Å². The zero-order valence-electron chi connectivity index (χ0n) is 33.6. The molecule has 1 atom stereocenters. The van der Waals surface area contributed by atoms with Crippen LogP contribution in [0, 0.1) is 11.6 Å². The number of carbonyl (C=O) groups is 4. The number of ether oxygens (including phenoxy) is 4. The molecule has 2 amide bonds. The SMILES string of the molecule is CCOC(=O)c1cn(-c2cnc(C3=CCN(C(=O)OC(C)(C)C)C3)c(F)c2)nn1.CCOC(=O)c1cn(-c2cnc(C3CCN(C(=O)OC(C)(C)C)C3)c(F)c2)nn1. The lowest BCUT2D eigenvalue weighted by Gasteiger charge is -2.24. The maximum atomic E-state index is 14.7. The second kappa shape index (κ2) is 17.9.